The molecule has 8 heteroatoms. The third kappa shape index (κ3) is 2.36. The van der Waals surface area contributed by atoms with E-state index in [0.29, 0.717) is 23.4 Å². The Hall–Kier alpha value is -2.77. The molecule has 4 rings (SSSR count). The van der Waals surface area contributed by atoms with Gasteiger partial charge in [-0.25, -0.2) is 14.4 Å². The molecule has 1 atom stereocenters. The fraction of sp³-hybridized carbons (Fsp3) is 0.333. The number of halogens is 1. The molecule has 23 heavy (non-hydrogen) atoms. The van der Waals surface area contributed by atoms with Crippen molar-refractivity contribution in [2.24, 2.45) is 0 Å². The molecule has 2 aromatic heterocycles. The predicted molar refractivity (Wildman–Crippen MR) is 80.1 cm³/mol. The Morgan fingerprint density at radius 1 is 1.30 bits per heavy atom. The van der Waals surface area contributed by atoms with Crippen molar-refractivity contribution < 1.29 is 9.18 Å². The largest absolute Gasteiger partial charge is 0.344 e. The van der Waals surface area contributed by atoms with Crippen LogP contribution in [0.5, 0.6) is 0 Å². The first kappa shape index (κ1) is 13.9. The molecule has 3 heterocycles. The minimum Gasteiger partial charge on any atom is -0.344 e. The number of nitrogens with one attached hydrogen (secondary N) is 2. The van der Waals surface area contributed by atoms with Gasteiger partial charge in [-0.05, 0) is 31.4 Å². The number of amides is 1. The summed E-state index contributed by atoms with van der Waals surface area (Å²) in [5.74, 6) is -0.0336. The number of fused-ring (bicyclic) bond motifs is 1. The van der Waals surface area contributed by atoms with Gasteiger partial charge in [0.25, 0.3) is 5.91 Å². The Balaban J connectivity index is 1.75. The van der Waals surface area contributed by atoms with Gasteiger partial charge < -0.3 is 9.88 Å². The third-order valence-electron chi connectivity index (χ3n) is 4.23. The average Bonchev–Trinajstić information content (AvgIpc) is 3.24. The van der Waals surface area contributed by atoms with Crippen LogP contribution in [0.4, 0.5) is 4.39 Å². The van der Waals surface area contributed by atoms with Crippen LogP contribution in [0.1, 0.15) is 41.5 Å². The number of nitrogens with zero attached hydrogens (tertiary/aromatic N) is 4. The molecule has 0 radical (unpaired) electrons. The number of hydrogen-bond acceptors (Lipinski definition) is 4. The molecule has 1 aromatic carbocycles. The van der Waals surface area contributed by atoms with Gasteiger partial charge in [0.2, 0.25) is 0 Å². The van der Waals surface area contributed by atoms with Gasteiger partial charge in [0.05, 0.1) is 23.4 Å². The van der Waals surface area contributed by atoms with E-state index in [1.54, 1.807) is 4.90 Å². The molecule has 3 aromatic rings. The van der Waals surface area contributed by atoms with Crippen molar-refractivity contribution >= 4 is 16.9 Å². The number of carbonyl (C=O) groups excluding carboxylic acids is 1. The molecule has 1 saturated heterocycles. The zero-order chi connectivity index (χ0) is 15.8. The molecule has 0 spiro atoms. The van der Waals surface area contributed by atoms with Crippen molar-refractivity contribution in [1.29, 1.82) is 0 Å². The maximum Gasteiger partial charge on any atom is 0.256 e. The highest BCUT2D eigenvalue weighted by Gasteiger charge is 2.31. The number of benzene rings is 1. The smallest absolute Gasteiger partial charge is 0.256 e. The fourth-order valence-corrected chi connectivity index (χ4v) is 3.17. The van der Waals surface area contributed by atoms with Crippen molar-refractivity contribution in [3.05, 3.63) is 42.0 Å². The number of piperidine rings is 1. The quantitative estimate of drug-likeness (QED) is 0.758. The fourth-order valence-electron chi connectivity index (χ4n) is 3.17. The average molecular weight is 314 g/mol. The van der Waals surface area contributed by atoms with Gasteiger partial charge in [0.15, 0.2) is 0 Å². The molecule has 0 saturated carbocycles. The van der Waals surface area contributed by atoms with Crippen LogP contribution in [0, 0.1) is 5.82 Å². The van der Waals surface area contributed by atoms with E-state index in [0.717, 1.165) is 19.3 Å². The van der Waals surface area contributed by atoms with E-state index in [2.05, 4.69) is 25.1 Å². The van der Waals surface area contributed by atoms with Crippen molar-refractivity contribution in [3.63, 3.8) is 0 Å². The SMILES string of the molecule is O=C(c1cc(F)cc2[nH]cnc12)N1CCCC[C@H]1c1ncn[nH]1. The molecular weight excluding hydrogens is 299 g/mol. The normalized spacial score (nSPS) is 18.5. The van der Waals surface area contributed by atoms with Crippen molar-refractivity contribution in [2.45, 2.75) is 25.3 Å². The molecule has 1 aliphatic heterocycles. The molecule has 1 amide bonds. The van der Waals surface area contributed by atoms with E-state index in [-0.39, 0.29) is 17.5 Å². The summed E-state index contributed by atoms with van der Waals surface area (Å²) in [5, 5.41) is 6.70. The number of hydrogen-bond donors (Lipinski definition) is 2. The summed E-state index contributed by atoms with van der Waals surface area (Å²) in [5.41, 5.74) is 1.27. The summed E-state index contributed by atoms with van der Waals surface area (Å²) in [6.07, 6.45) is 5.62. The van der Waals surface area contributed by atoms with Gasteiger partial charge in [-0.1, -0.05) is 0 Å². The van der Waals surface area contributed by atoms with E-state index in [1.165, 1.54) is 24.8 Å². The lowest BCUT2D eigenvalue weighted by molar-refractivity contribution is 0.0602. The first-order chi connectivity index (χ1) is 11.2. The lowest BCUT2D eigenvalue weighted by Crippen LogP contribution is -2.39. The summed E-state index contributed by atoms with van der Waals surface area (Å²) in [6, 6.07) is 2.41. The van der Waals surface area contributed by atoms with Gasteiger partial charge in [-0.2, -0.15) is 5.10 Å². The van der Waals surface area contributed by atoms with E-state index < -0.39 is 5.82 Å². The number of aromatic nitrogens is 5. The lowest BCUT2D eigenvalue weighted by atomic mass is 10.00. The number of imidazole rings is 1. The van der Waals surface area contributed by atoms with E-state index >= 15 is 0 Å². The number of H-pyrrole nitrogens is 2. The molecule has 0 aliphatic carbocycles. The first-order valence-electron chi connectivity index (χ1n) is 7.53. The summed E-state index contributed by atoms with van der Waals surface area (Å²) in [7, 11) is 0. The molecular formula is C15H15FN6O. The Morgan fingerprint density at radius 3 is 3.04 bits per heavy atom. The second-order valence-electron chi connectivity index (χ2n) is 5.63. The van der Waals surface area contributed by atoms with Gasteiger partial charge in [0.1, 0.15) is 23.5 Å². The number of aromatic amines is 2. The number of likely N-dealkylation sites (tertiary alicyclic amines) is 1. The Morgan fingerprint density at radius 2 is 2.22 bits per heavy atom. The van der Waals surface area contributed by atoms with Crippen molar-refractivity contribution in [3.8, 4) is 0 Å². The highest BCUT2D eigenvalue weighted by Crippen LogP contribution is 2.31. The highest BCUT2D eigenvalue weighted by atomic mass is 19.1. The van der Waals surface area contributed by atoms with E-state index in [9.17, 15) is 9.18 Å². The standard InChI is InChI=1S/C15H15FN6O/c16-9-5-10(13-11(6-9)17-7-18-13)15(23)22-4-2-1-3-12(22)14-19-8-20-21-14/h5-8,12H,1-4H2,(H,17,18)(H,19,20,21)/t12-/m0/s1. The second kappa shape index (κ2) is 5.45. The number of carbonyl (C=O) groups is 1. The Bertz CT molecular complexity index is 843. The molecule has 118 valence electrons. The van der Waals surface area contributed by atoms with Crippen molar-refractivity contribution in [1.82, 2.24) is 30.0 Å². The van der Waals surface area contributed by atoms with Gasteiger partial charge in [-0.3, -0.25) is 9.89 Å². The van der Waals surface area contributed by atoms with E-state index in [1.807, 2.05) is 0 Å². The molecule has 2 N–H and O–H groups in total. The zero-order valence-electron chi connectivity index (χ0n) is 12.3. The summed E-state index contributed by atoms with van der Waals surface area (Å²) < 4.78 is 13.8. The predicted octanol–water partition coefficient (Wildman–Crippen LogP) is 2.19. The third-order valence-corrected chi connectivity index (χ3v) is 4.23. The molecule has 1 aliphatic rings. The maximum absolute atomic E-state index is 13.8. The van der Waals surface area contributed by atoms with Crippen LogP contribution in [-0.4, -0.2) is 42.5 Å². The first-order valence-corrected chi connectivity index (χ1v) is 7.53. The summed E-state index contributed by atoms with van der Waals surface area (Å²) in [4.78, 5) is 25.9. The van der Waals surface area contributed by atoms with Gasteiger partial charge in [0, 0.05) is 6.54 Å². The maximum atomic E-state index is 13.8. The van der Waals surface area contributed by atoms with Crippen molar-refractivity contribution in [2.75, 3.05) is 6.54 Å². The van der Waals surface area contributed by atoms with Gasteiger partial charge >= 0.3 is 0 Å². The van der Waals surface area contributed by atoms with E-state index in [4.69, 9.17) is 0 Å². The summed E-state index contributed by atoms with van der Waals surface area (Å²) in [6.45, 7) is 0.604. The van der Waals surface area contributed by atoms with Gasteiger partial charge in [-0.15, -0.1) is 0 Å². The van der Waals surface area contributed by atoms with Crippen LogP contribution >= 0.6 is 0 Å². The highest BCUT2D eigenvalue weighted by molar-refractivity contribution is 6.05. The second-order valence-corrected chi connectivity index (χ2v) is 5.63. The minimum atomic E-state index is -0.460. The monoisotopic (exact) mass is 314 g/mol. The molecule has 0 unspecified atom stereocenters. The van der Waals surface area contributed by atoms with Crippen LogP contribution in [0.3, 0.4) is 0 Å². The van der Waals surface area contributed by atoms with Crippen LogP contribution in [0.15, 0.2) is 24.8 Å². The lowest BCUT2D eigenvalue weighted by Gasteiger charge is -2.34. The molecule has 1 fully saturated rings. The molecule has 0 bridgehead atoms. The Labute approximate surface area is 130 Å². The zero-order valence-corrected chi connectivity index (χ0v) is 12.3. The topological polar surface area (TPSA) is 90.6 Å². The molecule has 7 nitrogen and oxygen atoms in total. The van der Waals surface area contributed by atoms with Crippen LogP contribution in [0.25, 0.3) is 11.0 Å². The minimum absolute atomic E-state index is 0.170. The van der Waals surface area contributed by atoms with Crippen LogP contribution in [-0.2, 0) is 0 Å². The summed E-state index contributed by atoms with van der Waals surface area (Å²) >= 11 is 0. The van der Waals surface area contributed by atoms with Crippen LogP contribution in [0.2, 0.25) is 0 Å². The Kier molecular flexibility index (Phi) is 3.29. The number of rotatable bonds is 2. The van der Waals surface area contributed by atoms with Crippen LogP contribution < -0.4 is 0 Å².